The lowest BCUT2D eigenvalue weighted by Crippen LogP contribution is -2.45. The highest BCUT2D eigenvalue weighted by Crippen LogP contribution is 2.33. The Kier molecular flexibility index (Phi) is 26.1. The van der Waals surface area contributed by atoms with Crippen molar-refractivity contribution in [2.45, 2.75) is 195 Å². The van der Waals surface area contributed by atoms with Crippen LogP contribution in [0.5, 0.6) is 0 Å². The molecule has 0 atom stereocenters. The first-order valence-corrected chi connectivity index (χ1v) is 44.5. The zero-order chi connectivity index (χ0) is 92.3. The van der Waals surface area contributed by atoms with Gasteiger partial charge in [0, 0.05) is 116 Å². The Bertz CT molecular complexity index is 7020. The first kappa shape index (κ1) is 90.8. The first-order valence-electron chi connectivity index (χ1n) is 44.5. The highest BCUT2D eigenvalue weighted by atomic mass is 16.2. The fourth-order valence-electron chi connectivity index (χ4n) is 15.9. The second kappa shape index (κ2) is 37.4. The van der Waals surface area contributed by atoms with E-state index in [-0.39, 0.29) is 66.9 Å². The lowest BCUT2D eigenvalue weighted by molar-refractivity contribution is 0.211. The van der Waals surface area contributed by atoms with Crippen molar-refractivity contribution in [3.8, 4) is 56.9 Å². The van der Waals surface area contributed by atoms with Crippen LogP contribution in [0.25, 0.3) is 85.2 Å². The molecule has 3 fully saturated rings. The number of likely N-dealkylation sites (tertiary alicyclic amines) is 1. The number of aromatic amines is 6. The van der Waals surface area contributed by atoms with Crippen molar-refractivity contribution in [2.24, 2.45) is 0 Å². The number of fused-ring (bicyclic) bond motifs is 5. The van der Waals surface area contributed by atoms with Gasteiger partial charge in [0.1, 0.15) is 5.82 Å². The van der Waals surface area contributed by atoms with Crippen molar-refractivity contribution < 1.29 is 0 Å². The number of piperidine rings is 1. The first-order chi connectivity index (χ1) is 61.7. The number of piperazine rings is 1. The van der Waals surface area contributed by atoms with Crippen LogP contribution in [0.15, 0.2) is 211 Å². The van der Waals surface area contributed by atoms with E-state index in [2.05, 4.69) is 312 Å². The lowest BCUT2D eigenvalue weighted by atomic mass is 9.86. The summed E-state index contributed by atoms with van der Waals surface area (Å²) in [6.07, 6.45) is 8.05. The third-order valence-corrected chi connectivity index (χ3v) is 23.8. The number of nitrogens with two attached hydrogens (primary N) is 1. The predicted molar refractivity (Wildman–Crippen MR) is 515 cm³/mol. The highest BCUT2D eigenvalue weighted by molar-refractivity contribution is 5.66. The van der Waals surface area contributed by atoms with Crippen LogP contribution in [-0.4, -0.2) is 166 Å². The van der Waals surface area contributed by atoms with Crippen molar-refractivity contribution in [1.29, 1.82) is 0 Å². The molecule has 12 heterocycles. The molecular formula is C98H118N26O6. The third-order valence-electron chi connectivity index (χ3n) is 23.8. The van der Waals surface area contributed by atoms with Gasteiger partial charge in [-0.2, -0.15) is 24.5 Å². The Morgan fingerprint density at radius 2 is 0.677 bits per heavy atom. The van der Waals surface area contributed by atoms with E-state index in [1.807, 2.05) is 36.4 Å². The van der Waals surface area contributed by atoms with E-state index in [9.17, 15) is 28.8 Å². The second-order valence-corrected chi connectivity index (χ2v) is 39.0. The minimum absolute atomic E-state index is 0.0667. The maximum Gasteiger partial charge on any atom is 0.347 e. The Morgan fingerprint density at radius 1 is 0.346 bits per heavy atom. The molecule has 32 heteroatoms. The second-order valence-electron chi connectivity index (χ2n) is 39.0. The summed E-state index contributed by atoms with van der Waals surface area (Å²) in [5, 5.41) is 20.5. The number of rotatable bonds is 12. The molecule has 676 valence electrons. The van der Waals surface area contributed by atoms with Gasteiger partial charge in [-0.15, -0.1) is 0 Å². The molecule has 1 aliphatic carbocycles. The molecule has 1 saturated carbocycles. The summed E-state index contributed by atoms with van der Waals surface area (Å²) in [6.45, 7) is 39.4. The molecule has 0 bridgehead atoms. The average Bonchev–Trinajstić information content (AvgIpc) is 1.57. The van der Waals surface area contributed by atoms with Crippen molar-refractivity contribution in [2.75, 3.05) is 67.6 Å². The zero-order valence-electron chi connectivity index (χ0n) is 77.0. The molecule has 16 aromatic rings. The number of nitrogens with one attached hydrogen (secondary N) is 8. The molecule has 130 heavy (non-hydrogen) atoms. The largest absolute Gasteiger partial charge is 0.368 e. The van der Waals surface area contributed by atoms with E-state index in [1.54, 1.807) is 13.5 Å². The van der Waals surface area contributed by atoms with E-state index in [1.165, 1.54) is 87.5 Å². The number of anilines is 4. The Labute approximate surface area is 752 Å². The maximum absolute atomic E-state index is 12.1. The number of hydrogen-bond donors (Lipinski definition) is 9. The Balaban J connectivity index is 0.000000126. The van der Waals surface area contributed by atoms with Gasteiger partial charge in [-0.1, -0.05) is 275 Å². The van der Waals surface area contributed by atoms with Crippen LogP contribution in [0, 0.1) is 0 Å². The fraction of sp³-hybridized carbons (Fsp3) is 0.378. The van der Waals surface area contributed by atoms with Gasteiger partial charge < -0.3 is 26.2 Å². The van der Waals surface area contributed by atoms with E-state index >= 15 is 0 Å². The molecule has 2 saturated heterocycles. The van der Waals surface area contributed by atoms with E-state index in [4.69, 9.17) is 20.7 Å². The normalized spacial score (nSPS) is 14.6. The van der Waals surface area contributed by atoms with E-state index in [0.29, 0.717) is 75.3 Å². The molecule has 10 aromatic heterocycles. The van der Waals surface area contributed by atoms with Crippen molar-refractivity contribution >= 4 is 52.0 Å². The van der Waals surface area contributed by atoms with E-state index in [0.717, 1.165) is 110 Å². The van der Waals surface area contributed by atoms with Crippen LogP contribution in [-0.2, 0) is 33.6 Å². The number of H-pyrrole nitrogens is 6. The van der Waals surface area contributed by atoms with Gasteiger partial charge >= 0.3 is 5.69 Å². The minimum Gasteiger partial charge on any atom is -0.368 e. The van der Waals surface area contributed by atoms with Gasteiger partial charge in [-0.3, -0.25) is 59.3 Å². The van der Waals surface area contributed by atoms with Crippen LogP contribution in [0.4, 0.5) is 23.8 Å². The summed E-state index contributed by atoms with van der Waals surface area (Å²) in [4.78, 5) is 121. The number of likely N-dealkylation sites (N-methyl/N-ethyl adjacent to an activating group) is 1. The monoisotopic (exact) mass is 1750 g/mol. The van der Waals surface area contributed by atoms with Crippen molar-refractivity contribution in [3.63, 3.8) is 0 Å². The van der Waals surface area contributed by atoms with Gasteiger partial charge in [0.05, 0.1) is 0 Å². The van der Waals surface area contributed by atoms with Crippen molar-refractivity contribution in [1.82, 2.24) is 108 Å². The molecule has 0 radical (unpaired) electrons. The molecular weight excluding hydrogens is 1640 g/mol. The summed E-state index contributed by atoms with van der Waals surface area (Å²) in [6, 6.07) is 59.5. The highest BCUT2D eigenvalue weighted by Gasteiger charge is 2.27. The van der Waals surface area contributed by atoms with Gasteiger partial charge in [0.25, 0.3) is 27.8 Å². The molecule has 0 spiro atoms. The summed E-state index contributed by atoms with van der Waals surface area (Å²) in [5.41, 5.74) is 19.3. The van der Waals surface area contributed by atoms with Gasteiger partial charge in [-0.05, 0) is 93.2 Å². The number of hydrogen-bond acceptors (Lipinski definition) is 21. The number of benzene rings is 6. The Morgan fingerprint density at radius 3 is 1.08 bits per heavy atom. The summed E-state index contributed by atoms with van der Waals surface area (Å²) < 4.78 is 7.47. The van der Waals surface area contributed by atoms with Crippen LogP contribution >= 0.6 is 0 Å². The standard InChI is InChI=1S/C27H32N6O.C21H27N5O.C20H26N6O.C15H17N5O.C15H16N4O2/c1-27(2,3)21-11-9-20(10-12-21)25-29-23-17-24(34)31-33(23)26(30-25)28-22-13-15-32(16-14-22)18-19-7-5-4-6-8-19;1-21(2,3)15-11-9-14(10-12-15)19-23-17-13-18(27)25-26(17)20(24-19)22-16-7-5-4-6-8-16;1-20(2,3)15-7-5-14(6-8-15)18-21-16-13-17(27)23-26(16)19(22-18)25-11-9-24(4)10-12-25;1-15(2,3)10-6-4-9(5-7-10)13-17-11-8-12(21)19-20(11)14(16)18-13;1-15(2,3)10-6-4-9(5-7-10)13-16-11-8-12(20)18-19(11)14(21)17-13/h4-12,17,22H,13-16,18H2,1-3H3,(H,31,34)(H,28,29,30);9-13,16H,4-8H2,1-3H3,(H,25,27)(H,22,23,24);5-8,13H,9-12H2,1-4H3,(H,23,27);4-8H,1-3H3,(H,19,21)(H2,16,17,18);4-8H,1-3H3,(H,18,20)(H,16,17,21). The lowest BCUT2D eigenvalue weighted by Gasteiger charge is -2.33. The molecule has 10 N–H and O–H groups in total. The number of nitrogens with zero attached hydrogens (tertiary/aromatic N) is 17. The Hall–Kier alpha value is -14.0. The molecule has 0 unspecified atom stereocenters. The summed E-state index contributed by atoms with van der Waals surface area (Å²) in [7, 11) is 2.12. The van der Waals surface area contributed by atoms with Crippen LogP contribution in [0.2, 0.25) is 0 Å². The molecule has 32 nitrogen and oxygen atoms in total. The van der Waals surface area contributed by atoms with Crippen LogP contribution in [0.1, 0.15) is 182 Å². The predicted octanol–water partition coefficient (Wildman–Crippen LogP) is 14.4. The average molecular weight is 1760 g/mol. The fourth-order valence-corrected chi connectivity index (χ4v) is 15.9. The maximum atomic E-state index is 12.1. The SMILES string of the molecule is CC(C)(C)c1ccc(-c2nc(N)n3[nH]c(=O)cc3n2)cc1.CC(C)(C)c1ccc(-c2nc(NC3CCCCC3)n3[nH]c(=O)cc3n2)cc1.CC(C)(C)c1ccc(-c2nc(NC3CCN(Cc4ccccc4)CC3)n3[nH]c(=O)cc3n2)cc1.CC(C)(C)c1ccc(-c2nc3cc(=O)[nH]n3c(=O)[nH]2)cc1.CN1CCN(c2nc(-c3ccc(C(C)(C)C)cc3)nc3cc(=O)[nH]n23)CC1. The number of aromatic nitrogens is 20. The van der Waals surface area contributed by atoms with Crippen molar-refractivity contribution in [3.05, 3.63) is 278 Å². The topological polar surface area (TPSA) is 395 Å². The minimum atomic E-state index is -0.419. The molecule has 2 aliphatic heterocycles. The van der Waals surface area contributed by atoms with Gasteiger partial charge in [-0.25, -0.2) is 47.8 Å². The van der Waals surface area contributed by atoms with Crippen LogP contribution in [0.3, 0.4) is 0 Å². The summed E-state index contributed by atoms with van der Waals surface area (Å²) >= 11 is 0. The molecule has 6 aromatic carbocycles. The summed E-state index contributed by atoms with van der Waals surface area (Å²) in [5.74, 6) is 5.07. The van der Waals surface area contributed by atoms with Gasteiger partial charge in [0.2, 0.25) is 23.8 Å². The van der Waals surface area contributed by atoms with E-state index < -0.39 is 5.69 Å². The smallest absolute Gasteiger partial charge is 0.347 e. The van der Waals surface area contributed by atoms with Crippen LogP contribution < -0.4 is 54.8 Å². The quantitative estimate of drug-likeness (QED) is 0.0548. The molecule has 3 aliphatic rings. The number of nitrogen functional groups attached to an aromatic ring is 1. The molecule has 19 rings (SSSR count). The zero-order valence-corrected chi connectivity index (χ0v) is 77.0. The molecule has 0 amide bonds. The third kappa shape index (κ3) is 21.9. The van der Waals surface area contributed by atoms with Gasteiger partial charge in [0.15, 0.2) is 51.5 Å².